The molecule has 4 nitrogen and oxygen atoms in total. The van der Waals surface area contributed by atoms with Gasteiger partial charge >= 0.3 is 11.9 Å². The van der Waals surface area contributed by atoms with Crippen molar-refractivity contribution in [3.05, 3.63) is 34.9 Å². The Morgan fingerprint density at radius 2 is 1.61 bits per heavy atom. The monoisotopic (exact) mass is 306 g/mol. The molecule has 7 heteroatoms. The van der Waals surface area contributed by atoms with E-state index in [4.69, 9.17) is 21.8 Å². The molecule has 0 radical (unpaired) electrons. The van der Waals surface area contributed by atoms with Gasteiger partial charge in [-0.15, -0.1) is 23.5 Å². The molecule has 1 rings (SSSR count). The van der Waals surface area contributed by atoms with Crippen LogP contribution in [0.25, 0.3) is 0 Å². The van der Waals surface area contributed by atoms with Gasteiger partial charge in [0.15, 0.2) is 0 Å². The minimum Gasteiger partial charge on any atom is -0.481 e. The first-order valence-corrected chi connectivity index (χ1v) is 7.39. The van der Waals surface area contributed by atoms with Crippen molar-refractivity contribution in [1.29, 1.82) is 0 Å². The largest absolute Gasteiger partial charge is 0.481 e. The minimum atomic E-state index is -0.937. The van der Waals surface area contributed by atoms with E-state index in [9.17, 15) is 9.59 Å². The van der Waals surface area contributed by atoms with E-state index in [1.807, 2.05) is 0 Å². The summed E-state index contributed by atoms with van der Waals surface area (Å²) in [4.78, 5) is 21.2. The number of rotatable bonds is 7. The average molecular weight is 307 g/mol. The highest BCUT2D eigenvalue weighted by molar-refractivity contribution is 8.16. The molecule has 2 N–H and O–H groups in total. The molecule has 0 fully saturated rings. The summed E-state index contributed by atoms with van der Waals surface area (Å²) in [7, 11) is 0. The molecule has 0 unspecified atom stereocenters. The highest BCUT2D eigenvalue weighted by Gasteiger charge is 2.18. The van der Waals surface area contributed by atoms with Crippen LogP contribution in [0.1, 0.15) is 10.1 Å². The molecule has 0 saturated heterocycles. The van der Waals surface area contributed by atoms with Crippen molar-refractivity contribution < 1.29 is 19.8 Å². The minimum absolute atomic E-state index is 0.0947. The van der Waals surface area contributed by atoms with Crippen molar-refractivity contribution in [2.45, 2.75) is 4.58 Å². The quantitative estimate of drug-likeness (QED) is 0.754. The van der Waals surface area contributed by atoms with Crippen LogP contribution < -0.4 is 0 Å². The highest BCUT2D eigenvalue weighted by atomic mass is 35.5. The maximum atomic E-state index is 10.6. The summed E-state index contributed by atoms with van der Waals surface area (Å²) >= 11 is 8.34. The van der Waals surface area contributed by atoms with Crippen LogP contribution in [0.4, 0.5) is 0 Å². The van der Waals surface area contributed by atoms with Gasteiger partial charge in [0.2, 0.25) is 0 Å². The molecule has 1 aromatic carbocycles. The lowest BCUT2D eigenvalue weighted by Gasteiger charge is -2.16. The number of benzene rings is 1. The van der Waals surface area contributed by atoms with E-state index < -0.39 is 11.9 Å². The van der Waals surface area contributed by atoms with Crippen LogP contribution >= 0.6 is 35.1 Å². The van der Waals surface area contributed by atoms with Crippen molar-refractivity contribution >= 4 is 47.1 Å². The van der Waals surface area contributed by atoms with Gasteiger partial charge < -0.3 is 10.2 Å². The van der Waals surface area contributed by atoms with E-state index >= 15 is 0 Å². The van der Waals surface area contributed by atoms with E-state index in [1.54, 1.807) is 24.3 Å². The third-order valence-electron chi connectivity index (χ3n) is 1.88. The van der Waals surface area contributed by atoms with Crippen LogP contribution in [0, 0.1) is 0 Å². The Morgan fingerprint density at radius 1 is 1.11 bits per heavy atom. The Kier molecular flexibility index (Phi) is 6.38. The molecule has 0 bridgehead atoms. The summed E-state index contributed by atoms with van der Waals surface area (Å²) in [6, 6.07) is 7.03. The van der Waals surface area contributed by atoms with Gasteiger partial charge in [-0.2, -0.15) is 0 Å². The van der Waals surface area contributed by atoms with E-state index in [0.29, 0.717) is 5.02 Å². The second kappa shape index (κ2) is 7.56. The third kappa shape index (κ3) is 5.20. The summed E-state index contributed by atoms with van der Waals surface area (Å²) in [5.74, 6) is -2.06. The fourth-order valence-electron chi connectivity index (χ4n) is 1.19. The zero-order valence-electron chi connectivity index (χ0n) is 9.21. The first-order chi connectivity index (χ1) is 8.50. The Labute approximate surface area is 118 Å². The summed E-state index contributed by atoms with van der Waals surface area (Å²) in [6.07, 6.45) is 0. The third-order valence-corrected chi connectivity index (χ3v) is 4.98. The predicted molar refractivity (Wildman–Crippen MR) is 74.4 cm³/mol. The number of hydrogen-bond donors (Lipinski definition) is 2. The highest BCUT2D eigenvalue weighted by Crippen LogP contribution is 2.42. The number of thioether (sulfide) groups is 2. The van der Waals surface area contributed by atoms with Crippen LogP contribution in [0.3, 0.4) is 0 Å². The second-order valence-electron chi connectivity index (χ2n) is 3.26. The molecule has 0 aliphatic carbocycles. The zero-order chi connectivity index (χ0) is 13.5. The molecule has 0 heterocycles. The Hall–Kier alpha value is -0.850. The lowest BCUT2D eigenvalue weighted by molar-refractivity contribution is -0.134. The van der Waals surface area contributed by atoms with Gasteiger partial charge in [-0.3, -0.25) is 9.59 Å². The lowest BCUT2D eigenvalue weighted by Crippen LogP contribution is -2.04. The van der Waals surface area contributed by atoms with Crippen molar-refractivity contribution in [2.75, 3.05) is 11.5 Å². The number of carboxylic acid groups (broad SMARTS) is 2. The molecule has 0 saturated carbocycles. The van der Waals surface area contributed by atoms with Crippen LogP contribution in [-0.2, 0) is 9.59 Å². The van der Waals surface area contributed by atoms with Crippen LogP contribution in [0.15, 0.2) is 24.3 Å². The Bertz CT molecular complexity index is 421. The normalized spacial score (nSPS) is 10.6. The number of hydrogen-bond acceptors (Lipinski definition) is 4. The average Bonchev–Trinajstić information content (AvgIpc) is 2.30. The lowest BCUT2D eigenvalue weighted by atomic mass is 10.2. The zero-order valence-corrected chi connectivity index (χ0v) is 11.6. The van der Waals surface area contributed by atoms with Crippen molar-refractivity contribution in [3.8, 4) is 0 Å². The molecular formula is C11H11ClO4S2. The van der Waals surface area contributed by atoms with Gasteiger partial charge in [-0.1, -0.05) is 29.8 Å². The van der Waals surface area contributed by atoms with E-state index in [2.05, 4.69) is 0 Å². The smallest absolute Gasteiger partial charge is 0.313 e. The maximum absolute atomic E-state index is 10.6. The Morgan fingerprint density at radius 3 is 2.06 bits per heavy atom. The van der Waals surface area contributed by atoms with Gasteiger partial charge in [-0.05, 0) is 11.6 Å². The topological polar surface area (TPSA) is 74.6 Å². The summed E-state index contributed by atoms with van der Waals surface area (Å²) < 4.78 is -0.300. The summed E-state index contributed by atoms with van der Waals surface area (Å²) in [5, 5.41) is 17.9. The number of aliphatic carboxylic acids is 2. The van der Waals surface area contributed by atoms with Crippen molar-refractivity contribution in [1.82, 2.24) is 0 Å². The molecule has 0 aliphatic heterocycles. The first kappa shape index (κ1) is 15.2. The van der Waals surface area contributed by atoms with Crippen molar-refractivity contribution in [2.24, 2.45) is 0 Å². The Balaban J connectivity index is 2.79. The van der Waals surface area contributed by atoms with Crippen LogP contribution in [0.5, 0.6) is 0 Å². The van der Waals surface area contributed by atoms with E-state index in [0.717, 1.165) is 29.1 Å². The molecule has 0 atom stereocenters. The molecular weight excluding hydrogens is 296 g/mol. The van der Waals surface area contributed by atoms with Crippen molar-refractivity contribution in [3.63, 3.8) is 0 Å². The first-order valence-electron chi connectivity index (χ1n) is 4.92. The molecule has 0 aromatic heterocycles. The summed E-state index contributed by atoms with van der Waals surface area (Å²) in [5.41, 5.74) is 0.747. The molecule has 18 heavy (non-hydrogen) atoms. The van der Waals surface area contributed by atoms with Gasteiger partial charge in [-0.25, -0.2) is 0 Å². The van der Waals surface area contributed by atoms with E-state index in [-0.39, 0.29) is 16.1 Å². The maximum Gasteiger partial charge on any atom is 0.313 e. The molecule has 0 spiro atoms. The van der Waals surface area contributed by atoms with E-state index in [1.165, 1.54) is 0 Å². The number of carboxylic acids is 2. The van der Waals surface area contributed by atoms with Gasteiger partial charge in [0.25, 0.3) is 0 Å². The van der Waals surface area contributed by atoms with Crippen LogP contribution in [-0.4, -0.2) is 33.7 Å². The number of halogens is 1. The van der Waals surface area contributed by atoms with Gasteiger partial charge in [0.05, 0.1) is 16.1 Å². The molecule has 0 aliphatic rings. The predicted octanol–water partition coefficient (Wildman–Crippen LogP) is 2.97. The molecule has 1 aromatic rings. The SMILES string of the molecule is O=C(O)CSC(SCC(=O)O)c1ccccc1Cl. The fraction of sp³-hybridized carbons (Fsp3) is 0.273. The fourth-order valence-corrected chi connectivity index (χ4v) is 3.71. The second-order valence-corrected chi connectivity index (χ2v) is 6.16. The summed E-state index contributed by atoms with van der Waals surface area (Å²) in [6.45, 7) is 0. The van der Waals surface area contributed by atoms with Gasteiger partial charge in [0, 0.05) is 5.02 Å². The number of carbonyl (C=O) groups is 2. The van der Waals surface area contributed by atoms with Gasteiger partial charge in [0.1, 0.15) is 0 Å². The van der Waals surface area contributed by atoms with Crippen LogP contribution in [0.2, 0.25) is 5.02 Å². The molecule has 0 amide bonds. The molecule has 98 valence electrons. The standard InChI is InChI=1S/C11H11ClO4S2/c12-8-4-2-1-3-7(8)11(17-5-9(13)14)18-6-10(15)16/h1-4,11H,5-6H2,(H,13,14)(H,15,16).